The average molecular weight is 511 g/mol. The molecule has 1 unspecified atom stereocenters. The third kappa shape index (κ3) is 6.32. The van der Waals surface area contributed by atoms with Crippen LogP contribution < -0.4 is 10.5 Å². The van der Waals surface area contributed by atoms with Crippen LogP contribution in [0.3, 0.4) is 0 Å². The molecular weight excluding hydrogens is 483 g/mol. The third-order valence-corrected chi connectivity index (χ3v) is 5.20. The summed E-state index contributed by atoms with van der Waals surface area (Å²) in [5.41, 5.74) is 6.58. The van der Waals surface area contributed by atoms with Crippen molar-refractivity contribution in [3.8, 4) is 22.9 Å². The SMILES string of the molecule is CC(Oc1cc(-c2c(C#N)n[nH]c2CN(C)C(=O)OC(C)(C)C)cnc1N)c1cc(F)ccc1C(=O)O. The number of halogens is 1. The van der Waals surface area contributed by atoms with E-state index in [1.165, 1.54) is 17.2 Å². The van der Waals surface area contributed by atoms with Crippen molar-refractivity contribution in [3.05, 3.63) is 58.8 Å². The van der Waals surface area contributed by atoms with Gasteiger partial charge >= 0.3 is 12.1 Å². The van der Waals surface area contributed by atoms with Gasteiger partial charge in [-0.2, -0.15) is 10.4 Å². The van der Waals surface area contributed by atoms with Crippen molar-refractivity contribution in [1.82, 2.24) is 20.1 Å². The summed E-state index contributed by atoms with van der Waals surface area (Å²) in [6.45, 7) is 6.84. The van der Waals surface area contributed by atoms with Crippen molar-refractivity contribution >= 4 is 17.9 Å². The van der Waals surface area contributed by atoms with Crippen LogP contribution >= 0.6 is 0 Å². The number of nitrogens with one attached hydrogen (secondary N) is 1. The molecule has 37 heavy (non-hydrogen) atoms. The van der Waals surface area contributed by atoms with Gasteiger partial charge in [0, 0.05) is 29.9 Å². The number of anilines is 1. The number of hydrogen-bond donors (Lipinski definition) is 3. The van der Waals surface area contributed by atoms with E-state index in [1.54, 1.807) is 34.7 Å². The molecule has 0 radical (unpaired) electrons. The Balaban J connectivity index is 1.95. The second kappa shape index (κ2) is 10.5. The van der Waals surface area contributed by atoms with Crippen LogP contribution in [0.1, 0.15) is 61.1 Å². The summed E-state index contributed by atoms with van der Waals surface area (Å²) in [5, 5.41) is 25.9. The number of nitriles is 1. The second-order valence-electron chi connectivity index (χ2n) is 9.28. The zero-order valence-electron chi connectivity index (χ0n) is 21.0. The molecule has 2 heterocycles. The van der Waals surface area contributed by atoms with E-state index >= 15 is 0 Å². The van der Waals surface area contributed by atoms with Crippen LogP contribution in [0.2, 0.25) is 0 Å². The number of nitrogens with two attached hydrogens (primary N) is 1. The number of hydrogen-bond acceptors (Lipinski definition) is 8. The molecule has 1 aromatic carbocycles. The number of carboxylic acids is 1. The number of nitrogens with zero attached hydrogens (tertiary/aromatic N) is 4. The van der Waals surface area contributed by atoms with Crippen LogP contribution in [0.25, 0.3) is 11.1 Å². The lowest BCUT2D eigenvalue weighted by atomic mass is 10.0. The van der Waals surface area contributed by atoms with Crippen LogP contribution in [0, 0.1) is 17.1 Å². The first-order valence-corrected chi connectivity index (χ1v) is 11.2. The van der Waals surface area contributed by atoms with E-state index in [9.17, 15) is 24.3 Å². The highest BCUT2D eigenvalue weighted by Gasteiger charge is 2.24. The number of benzene rings is 1. The number of aromatic carboxylic acids is 1. The third-order valence-electron chi connectivity index (χ3n) is 5.20. The molecule has 0 spiro atoms. The lowest BCUT2D eigenvalue weighted by Gasteiger charge is -2.24. The van der Waals surface area contributed by atoms with Crippen LogP contribution in [-0.4, -0.2) is 49.9 Å². The fourth-order valence-corrected chi connectivity index (χ4v) is 3.53. The van der Waals surface area contributed by atoms with E-state index in [0.29, 0.717) is 16.8 Å². The highest BCUT2D eigenvalue weighted by Crippen LogP contribution is 2.34. The van der Waals surface area contributed by atoms with Crippen molar-refractivity contribution in [2.75, 3.05) is 12.8 Å². The van der Waals surface area contributed by atoms with E-state index in [1.807, 2.05) is 6.07 Å². The fraction of sp³-hybridized carbons (Fsp3) is 0.320. The largest absolute Gasteiger partial charge is 0.482 e. The summed E-state index contributed by atoms with van der Waals surface area (Å²) in [4.78, 5) is 29.5. The van der Waals surface area contributed by atoms with Gasteiger partial charge in [-0.25, -0.2) is 19.0 Å². The molecule has 0 saturated carbocycles. The van der Waals surface area contributed by atoms with E-state index < -0.39 is 29.6 Å². The van der Waals surface area contributed by atoms with Gasteiger partial charge in [0.2, 0.25) is 0 Å². The predicted molar refractivity (Wildman–Crippen MR) is 131 cm³/mol. The Morgan fingerprint density at radius 3 is 2.65 bits per heavy atom. The lowest BCUT2D eigenvalue weighted by Crippen LogP contribution is -2.34. The van der Waals surface area contributed by atoms with Gasteiger partial charge in [-0.15, -0.1) is 0 Å². The number of ether oxygens (including phenoxy) is 2. The van der Waals surface area contributed by atoms with Crippen molar-refractivity contribution in [3.63, 3.8) is 0 Å². The molecule has 4 N–H and O–H groups in total. The van der Waals surface area contributed by atoms with Crippen LogP contribution in [0.5, 0.6) is 5.75 Å². The molecule has 0 fully saturated rings. The van der Waals surface area contributed by atoms with Gasteiger partial charge < -0.3 is 25.2 Å². The van der Waals surface area contributed by atoms with Gasteiger partial charge in [0.15, 0.2) is 17.3 Å². The van der Waals surface area contributed by atoms with Gasteiger partial charge in [0.25, 0.3) is 0 Å². The van der Waals surface area contributed by atoms with E-state index in [-0.39, 0.29) is 34.9 Å². The Kier molecular flexibility index (Phi) is 7.67. The molecule has 1 atom stereocenters. The van der Waals surface area contributed by atoms with E-state index in [0.717, 1.165) is 18.2 Å². The standard InChI is InChI=1S/C25H27FN6O5/c1-13(17-9-15(26)6-7-16(17)23(33)34)36-20-8-14(11-29-22(20)28)21-18(10-27)30-31-19(21)12-32(5)24(35)37-25(2,3)4/h6-9,11,13H,12H2,1-5H3,(H2,28,29)(H,30,31)(H,33,34). The quantitative estimate of drug-likeness (QED) is 0.420. The minimum atomic E-state index is -1.24. The summed E-state index contributed by atoms with van der Waals surface area (Å²) in [6.07, 6.45) is -0.0525. The Labute approximate surface area is 212 Å². The number of carbonyl (C=O) groups excluding carboxylic acids is 1. The Bertz CT molecular complexity index is 1370. The number of amides is 1. The van der Waals surface area contributed by atoms with Gasteiger partial charge in [-0.3, -0.25) is 5.10 Å². The lowest BCUT2D eigenvalue weighted by molar-refractivity contribution is 0.0283. The van der Waals surface area contributed by atoms with Gasteiger partial charge in [-0.05, 0) is 52.0 Å². The molecule has 0 saturated heterocycles. The number of carbonyl (C=O) groups is 2. The summed E-state index contributed by atoms with van der Waals surface area (Å²) >= 11 is 0. The first-order valence-electron chi connectivity index (χ1n) is 11.2. The van der Waals surface area contributed by atoms with Crippen molar-refractivity contribution in [2.45, 2.75) is 45.9 Å². The summed E-state index contributed by atoms with van der Waals surface area (Å²) in [6, 6.07) is 6.80. The number of nitrogen functional groups attached to an aromatic ring is 1. The molecule has 3 aromatic rings. The number of carboxylic acid groups (broad SMARTS) is 1. The molecule has 0 bridgehead atoms. The summed E-state index contributed by atoms with van der Waals surface area (Å²) in [5.74, 6) is -1.77. The van der Waals surface area contributed by atoms with Crippen molar-refractivity contribution in [2.24, 2.45) is 0 Å². The minimum absolute atomic E-state index is 0.00157. The zero-order valence-corrected chi connectivity index (χ0v) is 21.0. The molecule has 1 amide bonds. The average Bonchev–Trinajstić information content (AvgIpc) is 3.21. The zero-order chi connectivity index (χ0) is 27.5. The highest BCUT2D eigenvalue weighted by atomic mass is 19.1. The van der Waals surface area contributed by atoms with Crippen LogP contribution in [0.15, 0.2) is 30.5 Å². The smallest absolute Gasteiger partial charge is 0.410 e. The van der Waals surface area contributed by atoms with Gasteiger partial charge in [0.05, 0.1) is 17.8 Å². The first kappa shape index (κ1) is 26.9. The second-order valence-corrected chi connectivity index (χ2v) is 9.28. The number of pyridine rings is 1. The van der Waals surface area contributed by atoms with Crippen LogP contribution in [-0.2, 0) is 11.3 Å². The van der Waals surface area contributed by atoms with E-state index in [4.69, 9.17) is 15.2 Å². The normalized spacial score (nSPS) is 11.9. The molecule has 3 rings (SSSR count). The molecule has 0 aliphatic carbocycles. The molecular formula is C25H27FN6O5. The number of aromatic nitrogens is 3. The molecule has 0 aliphatic heterocycles. The number of aromatic amines is 1. The highest BCUT2D eigenvalue weighted by molar-refractivity contribution is 5.89. The minimum Gasteiger partial charge on any atom is -0.482 e. The van der Waals surface area contributed by atoms with Crippen molar-refractivity contribution < 1.29 is 28.6 Å². The Morgan fingerprint density at radius 2 is 2.03 bits per heavy atom. The maximum atomic E-state index is 13.9. The number of rotatable bonds is 7. The fourth-order valence-electron chi connectivity index (χ4n) is 3.53. The Hall–Kier alpha value is -4.66. The first-order chi connectivity index (χ1) is 17.3. The maximum absolute atomic E-state index is 13.9. The molecule has 194 valence electrons. The van der Waals surface area contributed by atoms with Crippen molar-refractivity contribution in [1.29, 1.82) is 5.26 Å². The molecule has 12 heteroatoms. The molecule has 0 aliphatic rings. The van der Waals surface area contributed by atoms with Gasteiger partial charge in [-0.1, -0.05) is 0 Å². The molecule has 2 aromatic heterocycles. The predicted octanol–water partition coefficient (Wildman–Crippen LogP) is 4.27. The maximum Gasteiger partial charge on any atom is 0.410 e. The summed E-state index contributed by atoms with van der Waals surface area (Å²) in [7, 11) is 1.54. The number of H-pyrrole nitrogens is 1. The molecule has 11 nitrogen and oxygen atoms in total. The van der Waals surface area contributed by atoms with E-state index in [2.05, 4.69) is 15.2 Å². The van der Waals surface area contributed by atoms with Gasteiger partial charge in [0.1, 0.15) is 23.6 Å². The summed E-state index contributed by atoms with van der Waals surface area (Å²) < 4.78 is 25.1. The van der Waals surface area contributed by atoms with Crippen LogP contribution in [0.4, 0.5) is 15.0 Å². The Morgan fingerprint density at radius 1 is 1.32 bits per heavy atom. The topological polar surface area (TPSA) is 167 Å². The monoisotopic (exact) mass is 510 g/mol.